The van der Waals surface area contributed by atoms with Crippen LogP contribution in [0.1, 0.15) is 48.5 Å². The van der Waals surface area contributed by atoms with Crippen molar-refractivity contribution in [1.82, 2.24) is 14.9 Å². The fourth-order valence-electron chi connectivity index (χ4n) is 3.03. The van der Waals surface area contributed by atoms with Gasteiger partial charge in [-0.05, 0) is 25.3 Å². The van der Waals surface area contributed by atoms with Crippen LogP contribution >= 0.6 is 0 Å². The van der Waals surface area contributed by atoms with Crippen LogP contribution in [0.3, 0.4) is 0 Å². The van der Waals surface area contributed by atoms with E-state index < -0.39 is 0 Å². The smallest absolute Gasteiger partial charge is 0.265 e. The third-order valence-electron chi connectivity index (χ3n) is 4.29. The van der Waals surface area contributed by atoms with Gasteiger partial charge in [-0.2, -0.15) is 0 Å². The fraction of sp³-hybridized carbons (Fsp3) is 0.350. The summed E-state index contributed by atoms with van der Waals surface area (Å²) in [4.78, 5) is 29.9. The van der Waals surface area contributed by atoms with Crippen LogP contribution in [0, 0.1) is 12.8 Å². The number of nitrogens with zero attached hydrogens (tertiary/aromatic N) is 2. The van der Waals surface area contributed by atoms with Crippen LogP contribution in [0.5, 0.6) is 0 Å². The van der Waals surface area contributed by atoms with Crippen LogP contribution < -0.4 is 10.9 Å². The molecular weight excluding hydrogens is 330 g/mol. The molecule has 3 rings (SSSR count). The summed E-state index contributed by atoms with van der Waals surface area (Å²) in [6, 6.07) is 9.47. The van der Waals surface area contributed by atoms with Crippen LogP contribution in [-0.4, -0.2) is 15.5 Å². The Balaban J connectivity index is 1.99. The number of hydrogen-bond acceptors (Lipinski definition) is 4. The number of aromatic nitrogens is 2. The second kappa shape index (κ2) is 7.15. The van der Waals surface area contributed by atoms with Crippen molar-refractivity contribution in [2.45, 2.75) is 40.3 Å². The van der Waals surface area contributed by atoms with E-state index in [4.69, 9.17) is 4.42 Å². The van der Waals surface area contributed by atoms with Gasteiger partial charge in [0.1, 0.15) is 17.5 Å². The summed E-state index contributed by atoms with van der Waals surface area (Å²) in [6.45, 7) is 8.16. The molecule has 0 saturated heterocycles. The molecule has 0 aliphatic heterocycles. The van der Waals surface area contributed by atoms with E-state index in [1.165, 1.54) is 10.9 Å². The number of fused-ring (bicyclic) bond motifs is 1. The van der Waals surface area contributed by atoms with Crippen molar-refractivity contribution in [3.63, 3.8) is 0 Å². The number of carbonyl (C=O) groups is 1. The van der Waals surface area contributed by atoms with E-state index in [2.05, 4.69) is 10.3 Å². The topological polar surface area (TPSA) is 77.1 Å². The van der Waals surface area contributed by atoms with Crippen molar-refractivity contribution in [3.05, 3.63) is 63.9 Å². The second-order valence-corrected chi connectivity index (χ2v) is 6.92. The Kier molecular flexibility index (Phi) is 4.93. The monoisotopic (exact) mass is 353 g/mol. The molecule has 1 aromatic carbocycles. The van der Waals surface area contributed by atoms with Gasteiger partial charge in [-0.25, -0.2) is 4.98 Å². The van der Waals surface area contributed by atoms with E-state index in [1.807, 2.05) is 51.1 Å². The number of nitrogens with one attached hydrogen (secondary N) is 1. The van der Waals surface area contributed by atoms with E-state index in [9.17, 15) is 9.59 Å². The van der Waals surface area contributed by atoms with Crippen molar-refractivity contribution < 1.29 is 9.21 Å². The molecule has 0 radical (unpaired) electrons. The quantitative estimate of drug-likeness (QED) is 0.762. The standard InChI is InChI=1S/C20H23N3O3/c1-12(2)10-23-11-21-19-17(20(23)25)16(14(4)26-19)18(24)22-13(3)15-8-6-5-7-9-15/h5-9,11-13H,10H2,1-4H3,(H,22,24). The first-order valence-corrected chi connectivity index (χ1v) is 8.72. The predicted molar refractivity (Wildman–Crippen MR) is 100 cm³/mol. The molecule has 1 N–H and O–H groups in total. The molecule has 1 amide bonds. The molecule has 0 aliphatic carbocycles. The first kappa shape index (κ1) is 17.9. The molecule has 0 saturated carbocycles. The Hall–Kier alpha value is -2.89. The van der Waals surface area contributed by atoms with E-state index in [1.54, 1.807) is 6.92 Å². The van der Waals surface area contributed by atoms with Gasteiger partial charge in [0, 0.05) is 6.54 Å². The lowest BCUT2D eigenvalue weighted by Crippen LogP contribution is -2.29. The van der Waals surface area contributed by atoms with Gasteiger partial charge in [0.05, 0.1) is 11.6 Å². The van der Waals surface area contributed by atoms with Gasteiger partial charge in [-0.3, -0.25) is 14.2 Å². The zero-order valence-corrected chi connectivity index (χ0v) is 15.4. The molecule has 1 unspecified atom stereocenters. The lowest BCUT2D eigenvalue weighted by molar-refractivity contribution is 0.0939. The van der Waals surface area contributed by atoms with Crippen molar-refractivity contribution in [3.8, 4) is 0 Å². The van der Waals surface area contributed by atoms with Gasteiger partial charge in [0.2, 0.25) is 5.71 Å². The number of carbonyl (C=O) groups excluding carboxylic acids is 1. The molecule has 0 bridgehead atoms. The first-order valence-electron chi connectivity index (χ1n) is 8.72. The number of furan rings is 1. The molecule has 2 aromatic heterocycles. The molecule has 0 aliphatic rings. The molecule has 26 heavy (non-hydrogen) atoms. The Morgan fingerprint density at radius 2 is 1.92 bits per heavy atom. The highest BCUT2D eigenvalue weighted by Gasteiger charge is 2.24. The minimum atomic E-state index is -0.334. The normalized spacial score (nSPS) is 12.5. The fourth-order valence-corrected chi connectivity index (χ4v) is 3.03. The highest BCUT2D eigenvalue weighted by Crippen LogP contribution is 2.22. The van der Waals surface area contributed by atoms with Crippen LogP contribution in [0.25, 0.3) is 11.1 Å². The summed E-state index contributed by atoms with van der Waals surface area (Å²) in [6.07, 6.45) is 1.47. The minimum Gasteiger partial charge on any atom is -0.442 e. The maximum absolute atomic E-state index is 12.9. The van der Waals surface area contributed by atoms with Crippen molar-refractivity contribution in [2.24, 2.45) is 5.92 Å². The first-order chi connectivity index (χ1) is 12.4. The number of aryl methyl sites for hydroxylation is 1. The van der Waals surface area contributed by atoms with Gasteiger partial charge in [0.25, 0.3) is 11.5 Å². The molecule has 6 heteroatoms. The Bertz CT molecular complexity index is 987. The zero-order chi connectivity index (χ0) is 18.8. The van der Waals surface area contributed by atoms with Gasteiger partial charge >= 0.3 is 0 Å². The van der Waals surface area contributed by atoms with E-state index >= 15 is 0 Å². The van der Waals surface area contributed by atoms with Crippen molar-refractivity contribution >= 4 is 17.0 Å². The van der Waals surface area contributed by atoms with Crippen molar-refractivity contribution in [1.29, 1.82) is 0 Å². The summed E-state index contributed by atoms with van der Waals surface area (Å²) in [5, 5.41) is 3.18. The van der Waals surface area contributed by atoms with E-state index in [0.29, 0.717) is 12.3 Å². The molecule has 2 heterocycles. The van der Waals surface area contributed by atoms with Gasteiger partial charge < -0.3 is 9.73 Å². The maximum Gasteiger partial charge on any atom is 0.265 e. The van der Waals surface area contributed by atoms with Crippen LogP contribution in [0.15, 0.2) is 45.9 Å². The van der Waals surface area contributed by atoms with Gasteiger partial charge in [0.15, 0.2) is 0 Å². The third-order valence-corrected chi connectivity index (χ3v) is 4.29. The number of hydrogen-bond donors (Lipinski definition) is 1. The van der Waals surface area contributed by atoms with Gasteiger partial charge in [-0.15, -0.1) is 0 Å². The molecule has 0 spiro atoms. The Morgan fingerprint density at radius 3 is 2.58 bits per heavy atom. The number of benzene rings is 1. The third kappa shape index (κ3) is 3.40. The van der Waals surface area contributed by atoms with Crippen LogP contribution in [-0.2, 0) is 6.54 Å². The molecule has 3 aromatic rings. The minimum absolute atomic E-state index is 0.192. The summed E-state index contributed by atoms with van der Waals surface area (Å²) < 4.78 is 7.09. The summed E-state index contributed by atoms with van der Waals surface area (Å²) in [5.74, 6) is 0.346. The lowest BCUT2D eigenvalue weighted by Gasteiger charge is -2.14. The summed E-state index contributed by atoms with van der Waals surface area (Å²) >= 11 is 0. The van der Waals surface area contributed by atoms with Gasteiger partial charge in [-0.1, -0.05) is 44.2 Å². The Morgan fingerprint density at radius 1 is 1.23 bits per heavy atom. The van der Waals surface area contributed by atoms with E-state index in [-0.39, 0.29) is 40.1 Å². The lowest BCUT2D eigenvalue weighted by atomic mass is 10.1. The highest BCUT2D eigenvalue weighted by atomic mass is 16.3. The predicted octanol–water partition coefficient (Wildman–Crippen LogP) is 3.44. The second-order valence-electron chi connectivity index (χ2n) is 6.92. The number of amides is 1. The number of rotatable bonds is 5. The van der Waals surface area contributed by atoms with E-state index in [0.717, 1.165) is 5.56 Å². The SMILES string of the molecule is Cc1oc2ncn(CC(C)C)c(=O)c2c1C(=O)NC(C)c1ccccc1. The maximum atomic E-state index is 12.9. The molecule has 6 nitrogen and oxygen atoms in total. The molecular formula is C20H23N3O3. The van der Waals surface area contributed by atoms with Crippen LogP contribution in [0.4, 0.5) is 0 Å². The average molecular weight is 353 g/mol. The molecule has 0 fully saturated rings. The summed E-state index contributed by atoms with van der Waals surface area (Å²) in [7, 11) is 0. The van der Waals surface area contributed by atoms with Crippen molar-refractivity contribution in [2.75, 3.05) is 0 Å². The molecule has 136 valence electrons. The molecule has 1 atom stereocenters. The Labute approximate surface area is 151 Å². The largest absolute Gasteiger partial charge is 0.442 e. The van der Waals surface area contributed by atoms with Crippen LogP contribution in [0.2, 0.25) is 0 Å². The summed E-state index contributed by atoms with van der Waals surface area (Å²) in [5.41, 5.74) is 1.20. The zero-order valence-electron chi connectivity index (χ0n) is 15.4. The average Bonchev–Trinajstić information content (AvgIpc) is 2.94. The highest BCUT2D eigenvalue weighted by molar-refractivity contribution is 6.06.